The molecule has 1 amide bonds. The van der Waals surface area contributed by atoms with Crippen LogP contribution in [0.25, 0.3) is 0 Å². The summed E-state index contributed by atoms with van der Waals surface area (Å²) in [6.07, 6.45) is 6.37. The van der Waals surface area contributed by atoms with Gasteiger partial charge >= 0.3 is 11.9 Å². The van der Waals surface area contributed by atoms with Crippen LogP contribution < -0.4 is 4.90 Å². The number of carbonyl (C=O) groups excluding carboxylic acids is 3. The van der Waals surface area contributed by atoms with E-state index in [-0.39, 0.29) is 17.2 Å². The maximum Gasteiger partial charge on any atom is 0.355 e. The third kappa shape index (κ3) is 2.77. The fourth-order valence-corrected chi connectivity index (χ4v) is 3.04. The highest BCUT2D eigenvalue weighted by molar-refractivity contribution is 6.09. The number of esters is 2. The molecule has 2 aliphatic heterocycles. The fraction of sp³-hybridized carbons (Fsp3) is 0.211. The minimum absolute atomic E-state index is 0.0138. The molecule has 134 valence electrons. The molecule has 3 rings (SSSR count). The van der Waals surface area contributed by atoms with Crippen LogP contribution in [-0.4, -0.2) is 44.0 Å². The molecular formula is C19H18N2O5. The first kappa shape index (κ1) is 17.5. The highest BCUT2D eigenvalue weighted by atomic mass is 16.5. The summed E-state index contributed by atoms with van der Waals surface area (Å²) in [4.78, 5) is 40.4. The molecule has 0 atom stereocenters. The van der Waals surface area contributed by atoms with Gasteiger partial charge in [-0.15, -0.1) is 0 Å². The third-order valence-corrected chi connectivity index (χ3v) is 4.25. The van der Waals surface area contributed by atoms with Gasteiger partial charge in [0.25, 0.3) is 5.91 Å². The summed E-state index contributed by atoms with van der Waals surface area (Å²) < 4.78 is 9.68. The second-order valence-electron chi connectivity index (χ2n) is 5.79. The lowest BCUT2D eigenvalue weighted by atomic mass is 10.1. The lowest BCUT2D eigenvalue weighted by Gasteiger charge is -2.24. The number of nitrogens with zero attached hydrogens (tertiary/aromatic N) is 2. The molecule has 2 aliphatic rings. The van der Waals surface area contributed by atoms with E-state index >= 15 is 0 Å². The molecule has 26 heavy (non-hydrogen) atoms. The lowest BCUT2D eigenvalue weighted by Crippen LogP contribution is -2.28. The number of ether oxygens (including phenoxy) is 2. The van der Waals surface area contributed by atoms with Crippen LogP contribution >= 0.6 is 0 Å². The van der Waals surface area contributed by atoms with Crippen LogP contribution in [-0.2, 0) is 25.6 Å². The third-order valence-electron chi connectivity index (χ3n) is 4.25. The number of benzene rings is 1. The average molecular weight is 354 g/mol. The van der Waals surface area contributed by atoms with Gasteiger partial charge in [-0.05, 0) is 23.8 Å². The second kappa shape index (κ2) is 6.87. The number of methoxy groups -OCH3 is 2. The van der Waals surface area contributed by atoms with Crippen LogP contribution in [0.3, 0.4) is 0 Å². The van der Waals surface area contributed by atoms with E-state index in [2.05, 4.69) is 0 Å². The van der Waals surface area contributed by atoms with Crippen molar-refractivity contribution in [3.63, 3.8) is 0 Å². The number of allylic oxidation sites excluding steroid dienone is 2. The normalized spacial score (nSPS) is 15.9. The molecule has 7 heteroatoms. The number of anilines is 1. The highest BCUT2D eigenvalue weighted by Crippen LogP contribution is 2.35. The molecule has 0 bridgehead atoms. The molecule has 0 aromatic heterocycles. The molecule has 1 aromatic rings. The van der Waals surface area contributed by atoms with E-state index in [9.17, 15) is 14.4 Å². The monoisotopic (exact) mass is 354 g/mol. The lowest BCUT2D eigenvalue weighted by molar-refractivity contribution is -0.139. The molecule has 0 radical (unpaired) electrons. The van der Waals surface area contributed by atoms with Crippen LogP contribution in [0, 0.1) is 0 Å². The molecule has 0 spiro atoms. The number of carbonyl (C=O) groups is 3. The summed E-state index contributed by atoms with van der Waals surface area (Å²) in [6, 6.07) is 5.39. The Morgan fingerprint density at radius 3 is 2.50 bits per heavy atom. The van der Waals surface area contributed by atoms with Gasteiger partial charge in [-0.1, -0.05) is 18.2 Å². The molecule has 1 aromatic carbocycles. The van der Waals surface area contributed by atoms with Crippen molar-refractivity contribution in [2.45, 2.75) is 6.54 Å². The first-order valence-corrected chi connectivity index (χ1v) is 7.92. The Balaban J connectivity index is 2.24. The molecule has 7 nitrogen and oxygen atoms in total. The Morgan fingerprint density at radius 1 is 1.08 bits per heavy atom. The predicted molar refractivity (Wildman–Crippen MR) is 94.1 cm³/mol. The Morgan fingerprint density at radius 2 is 1.81 bits per heavy atom. The van der Waals surface area contributed by atoms with Crippen molar-refractivity contribution < 1.29 is 23.9 Å². The molecule has 0 unspecified atom stereocenters. The van der Waals surface area contributed by atoms with Crippen LogP contribution in [0.1, 0.15) is 15.9 Å². The van der Waals surface area contributed by atoms with Gasteiger partial charge in [-0.25, -0.2) is 9.59 Å². The van der Waals surface area contributed by atoms with Crippen LogP contribution in [0.2, 0.25) is 0 Å². The Bertz CT molecular complexity index is 882. The van der Waals surface area contributed by atoms with Crippen LogP contribution in [0.15, 0.2) is 53.9 Å². The zero-order valence-corrected chi connectivity index (χ0v) is 14.7. The van der Waals surface area contributed by atoms with E-state index in [1.54, 1.807) is 42.4 Å². The van der Waals surface area contributed by atoms with E-state index in [1.165, 1.54) is 25.2 Å². The van der Waals surface area contributed by atoms with Gasteiger partial charge in [0.1, 0.15) is 5.70 Å². The van der Waals surface area contributed by atoms with E-state index in [0.717, 1.165) is 5.56 Å². The van der Waals surface area contributed by atoms with E-state index in [0.29, 0.717) is 17.8 Å². The van der Waals surface area contributed by atoms with Crippen molar-refractivity contribution in [3.05, 3.63) is 65.0 Å². The van der Waals surface area contributed by atoms with Crippen molar-refractivity contribution in [2.75, 3.05) is 26.2 Å². The summed E-state index contributed by atoms with van der Waals surface area (Å²) >= 11 is 0. The summed E-state index contributed by atoms with van der Waals surface area (Å²) in [5.74, 6) is -1.53. The van der Waals surface area contributed by atoms with E-state index in [1.807, 2.05) is 6.07 Å². The van der Waals surface area contributed by atoms with Gasteiger partial charge in [0.15, 0.2) is 0 Å². The van der Waals surface area contributed by atoms with Crippen LogP contribution in [0.4, 0.5) is 5.69 Å². The fourth-order valence-electron chi connectivity index (χ4n) is 3.04. The van der Waals surface area contributed by atoms with Crippen molar-refractivity contribution >= 4 is 23.5 Å². The van der Waals surface area contributed by atoms with Gasteiger partial charge in [-0.3, -0.25) is 4.79 Å². The van der Waals surface area contributed by atoms with Crippen molar-refractivity contribution in [1.29, 1.82) is 0 Å². The highest BCUT2D eigenvalue weighted by Gasteiger charge is 2.33. The number of hydrogen-bond acceptors (Lipinski definition) is 6. The maximum absolute atomic E-state index is 12.6. The van der Waals surface area contributed by atoms with E-state index < -0.39 is 11.9 Å². The second-order valence-corrected chi connectivity index (χ2v) is 5.79. The van der Waals surface area contributed by atoms with E-state index in [4.69, 9.17) is 9.47 Å². The first-order chi connectivity index (χ1) is 12.5. The zero-order chi connectivity index (χ0) is 18.8. The average Bonchev–Trinajstić information content (AvgIpc) is 2.83. The first-order valence-electron chi connectivity index (χ1n) is 7.92. The van der Waals surface area contributed by atoms with Gasteiger partial charge in [0.05, 0.1) is 31.0 Å². The SMILES string of the molecule is COC(=O)C1=C(C(=O)OC)N(c2cccc3c2C(=O)N(C)C3)C=CC=C1. The van der Waals surface area contributed by atoms with Crippen molar-refractivity contribution in [3.8, 4) is 0 Å². The molecule has 0 N–H and O–H groups in total. The number of fused-ring (bicyclic) bond motifs is 1. The molecule has 0 saturated carbocycles. The van der Waals surface area contributed by atoms with Crippen molar-refractivity contribution in [2.24, 2.45) is 0 Å². The largest absolute Gasteiger partial charge is 0.465 e. The van der Waals surface area contributed by atoms with Gasteiger partial charge in [-0.2, -0.15) is 0 Å². The summed E-state index contributed by atoms with van der Waals surface area (Å²) in [5.41, 5.74) is 1.87. The summed E-state index contributed by atoms with van der Waals surface area (Å²) in [6.45, 7) is 0.485. The molecular weight excluding hydrogens is 336 g/mol. The molecule has 0 fully saturated rings. The summed E-state index contributed by atoms with van der Waals surface area (Å²) in [7, 11) is 4.18. The Hall–Kier alpha value is -3.35. The smallest absolute Gasteiger partial charge is 0.355 e. The number of hydrogen-bond donors (Lipinski definition) is 0. The molecule has 0 aliphatic carbocycles. The Kier molecular flexibility index (Phi) is 4.62. The Labute approximate surface area is 150 Å². The number of amides is 1. The quantitative estimate of drug-likeness (QED) is 0.770. The predicted octanol–water partition coefficient (Wildman–Crippen LogP) is 1.76. The number of rotatable bonds is 3. The summed E-state index contributed by atoms with van der Waals surface area (Å²) in [5, 5.41) is 0. The minimum Gasteiger partial charge on any atom is -0.465 e. The standard InChI is InChI=1S/C19H18N2O5/c1-20-11-12-7-6-9-14(15(12)17(20)22)21-10-5-4-8-13(18(23)25-2)16(21)19(24)26-3/h4-10H,11H2,1-3H3. The maximum atomic E-state index is 12.6. The minimum atomic E-state index is -0.710. The van der Waals surface area contributed by atoms with Crippen molar-refractivity contribution in [1.82, 2.24) is 4.90 Å². The topological polar surface area (TPSA) is 76.2 Å². The van der Waals surface area contributed by atoms with Gasteiger partial charge < -0.3 is 19.3 Å². The molecule has 0 saturated heterocycles. The van der Waals surface area contributed by atoms with Gasteiger partial charge in [0, 0.05) is 19.8 Å². The van der Waals surface area contributed by atoms with Gasteiger partial charge in [0.2, 0.25) is 0 Å². The van der Waals surface area contributed by atoms with Crippen LogP contribution in [0.5, 0.6) is 0 Å². The molecule has 2 heterocycles. The zero-order valence-electron chi connectivity index (χ0n) is 14.7.